The summed E-state index contributed by atoms with van der Waals surface area (Å²) in [4.78, 5) is 0. The predicted octanol–water partition coefficient (Wildman–Crippen LogP) is -1.55. The lowest BCUT2D eigenvalue weighted by Crippen LogP contribution is -3.00. The lowest BCUT2D eigenvalue weighted by atomic mass is 10.2. The summed E-state index contributed by atoms with van der Waals surface area (Å²) >= 11 is 0. The van der Waals surface area contributed by atoms with E-state index in [1.165, 1.54) is 5.56 Å². The van der Waals surface area contributed by atoms with Crippen LogP contribution < -0.4 is 17.0 Å². The first-order chi connectivity index (χ1) is 6.33. The van der Waals surface area contributed by atoms with Crippen LogP contribution in [-0.2, 0) is 6.54 Å². The molecule has 0 fully saturated rings. The Kier molecular flexibility index (Phi) is 7.44. The van der Waals surface area contributed by atoms with E-state index in [4.69, 9.17) is 5.11 Å². The fraction of sp³-hybridized carbons (Fsp3) is 0.545. The van der Waals surface area contributed by atoms with Crippen molar-refractivity contribution in [2.75, 3.05) is 6.61 Å². The topological polar surface area (TPSA) is 24.1 Å². The molecule has 0 saturated heterocycles. The normalized spacial score (nSPS) is 9.57. The van der Waals surface area contributed by atoms with Crippen LogP contribution in [0.25, 0.3) is 0 Å². The third kappa shape index (κ3) is 5.20. The molecule has 0 atom stereocenters. The summed E-state index contributed by atoms with van der Waals surface area (Å²) in [6, 6.07) is 4.23. The van der Waals surface area contributed by atoms with Crippen LogP contribution in [-0.4, -0.2) is 11.7 Å². The highest BCUT2D eigenvalue weighted by molar-refractivity contribution is 5.03. The molecule has 1 heterocycles. The second kappa shape index (κ2) is 7.77. The number of hydrogen-bond donors (Lipinski definition) is 1. The first-order valence-corrected chi connectivity index (χ1v) is 4.89. The Morgan fingerprint density at radius 3 is 2.36 bits per heavy atom. The van der Waals surface area contributed by atoms with E-state index in [0.29, 0.717) is 6.61 Å². The van der Waals surface area contributed by atoms with Crippen molar-refractivity contribution >= 4 is 0 Å². The van der Waals surface area contributed by atoms with Gasteiger partial charge in [-0.05, 0) is 25.3 Å². The van der Waals surface area contributed by atoms with Gasteiger partial charge in [0.05, 0.1) is 0 Å². The highest BCUT2D eigenvalue weighted by Crippen LogP contribution is 1.95. The van der Waals surface area contributed by atoms with Crippen molar-refractivity contribution in [3.8, 4) is 0 Å². The van der Waals surface area contributed by atoms with Crippen molar-refractivity contribution in [3.05, 3.63) is 30.1 Å². The summed E-state index contributed by atoms with van der Waals surface area (Å²) in [5.74, 6) is 0. The zero-order valence-corrected chi connectivity index (χ0v) is 9.37. The number of nitrogens with zero attached hydrogens (tertiary/aromatic N) is 1. The molecule has 0 aliphatic heterocycles. The molecule has 1 aromatic heterocycles. The number of aromatic nitrogens is 1. The van der Waals surface area contributed by atoms with Crippen LogP contribution in [0.3, 0.4) is 0 Å². The summed E-state index contributed by atoms with van der Waals surface area (Å²) in [5.41, 5.74) is 1.30. The maximum atomic E-state index is 8.59. The monoisotopic (exact) mass is 215 g/mol. The number of halogens is 1. The summed E-state index contributed by atoms with van der Waals surface area (Å²) < 4.78 is 2.18. The molecule has 1 aromatic rings. The molecule has 3 heteroatoms. The van der Waals surface area contributed by atoms with Crippen molar-refractivity contribution in [2.45, 2.75) is 32.7 Å². The molecule has 1 N–H and O–H groups in total. The summed E-state index contributed by atoms with van der Waals surface area (Å²) in [6.45, 7) is 3.47. The van der Waals surface area contributed by atoms with E-state index in [1.54, 1.807) is 0 Å². The molecule has 0 saturated carbocycles. The van der Waals surface area contributed by atoms with E-state index >= 15 is 0 Å². The molecule has 0 spiro atoms. The van der Waals surface area contributed by atoms with Crippen LogP contribution in [0.4, 0.5) is 0 Å². The first-order valence-electron chi connectivity index (χ1n) is 4.89. The Balaban J connectivity index is 0.00000169. The number of aliphatic hydroxyl groups is 1. The largest absolute Gasteiger partial charge is 1.00 e. The average Bonchev–Trinajstić information content (AvgIpc) is 2.15. The summed E-state index contributed by atoms with van der Waals surface area (Å²) in [6.07, 6.45) is 7.39. The molecule has 0 aliphatic carbocycles. The first kappa shape index (κ1) is 13.4. The molecular formula is C11H18ClNO. The van der Waals surface area contributed by atoms with Gasteiger partial charge in [-0.25, -0.2) is 4.57 Å². The van der Waals surface area contributed by atoms with Gasteiger partial charge in [-0.1, -0.05) is 0 Å². The van der Waals surface area contributed by atoms with E-state index in [1.807, 2.05) is 0 Å². The van der Waals surface area contributed by atoms with Gasteiger partial charge in [0.1, 0.15) is 6.54 Å². The second-order valence-electron chi connectivity index (χ2n) is 3.40. The number of aryl methyl sites for hydroxylation is 2. The van der Waals surface area contributed by atoms with Gasteiger partial charge in [0.15, 0.2) is 12.4 Å². The molecule has 14 heavy (non-hydrogen) atoms. The zero-order chi connectivity index (χ0) is 9.52. The van der Waals surface area contributed by atoms with Crippen molar-refractivity contribution in [1.29, 1.82) is 0 Å². The van der Waals surface area contributed by atoms with Crippen molar-refractivity contribution < 1.29 is 22.1 Å². The quantitative estimate of drug-likeness (QED) is 0.467. The minimum Gasteiger partial charge on any atom is -1.00 e. The molecule has 1 rings (SSSR count). The molecule has 0 aliphatic rings. The highest BCUT2D eigenvalue weighted by atomic mass is 35.5. The zero-order valence-electron chi connectivity index (χ0n) is 8.62. The maximum absolute atomic E-state index is 8.59. The molecule has 0 radical (unpaired) electrons. The Labute approximate surface area is 92.0 Å². The minimum absolute atomic E-state index is 0. The van der Waals surface area contributed by atoms with Crippen molar-refractivity contribution in [3.63, 3.8) is 0 Å². The summed E-state index contributed by atoms with van der Waals surface area (Å²) in [5, 5.41) is 8.59. The van der Waals surface area contributed by atoms with E-state index in [-0.39, 0.29) is 12.4 Å². The number of unbranched alkanes of at least 4 members (excludes halogenated alkanes) is 2. The van der Waals surface area contributed by atoms with Gasteiger partial charge in [-0.2, -0.15) is 0 Å². The Bertz CT molecular complexity index is 236. The van der Waals surface area contributed by atoms with Crippen LogP contribution in [0.2, 0.25) is 0 Å². The third-order valence-corrected chi connectivity index (χ3v) is 2.13. The maximum Gasteiger partial charge on any atom is 0.169 e. The molecule has 0 aromatic carbocycles. The summed E-state index contributed by atoms with van der Waals surface area (Å²) in [7, 11) is 0. The van der Waals surface area contributed by atoms with Gasteiger partial charge >= 0.3 is 0 Å². The van der Waals surface area contributed by atoms with Gasteiger partial charge in [0.25, 0.3) is 0 Å². The van der Waals surface area contributed by atoms with Crippen LogP contribution in [0.15, 0.2) is 24.5 Å². The number of aliphatic hydroxyl groups excluding tert-OH is 1. The lowest BCUT2D eigenvalue weighted by molar-refractivity contribution is -0.697. The fourth-order valence-electron chi connectivity index (χ4n) is 1.26. The van der Waals surface area contributed by atoms with Crippen LogP contribution in [0.1, 0.15) is 24.8 Å². The number of pyridine rings is 1. The Morgan fingerprint density at radius 1 is 1.14 bits per heavy atom. The second-order valence-corrected chi connectivity index (χ2v) is 3.40. The van der Waals surface area contributed by atoms with E-state index in [0.717, 1.165) is 25.8 Å². The number of rotatable bonds is 5. The van der Waals surface area contributed by atoms with Crippen molar-refractivity contribution in [1.82, 2.24) is 0 Å². The minimum atomic E-state index is 0. The lowest BCUT2D eigenvalue weighted by Gasteiger charge is -1.96. The molecule has 2 nitrogen and oxygen atoms in total. The SMILES string of the molecule is Cc1cc[n+](CCCCCO)cc1.[Cl-]. The molecule has 0 bridgehead atoms. The third-order valence-electron chi connectivity index (χ3n) is 2.13. The van der Waals surface area contributed by atoms with Crippen LogP contribution in [0, 0.1) is 6.92 Å². The van der Waals surface area contributed by atoms with Gasteiger partial charge in [-0.15, -0.1) is 0 Å². The van der Waals surface area contributed by atoms with Gasteiger partial charge < -0.3 is 17.5 Å². The van der Waals surface area contributed by atoms with Gasteiger partial charge in [0.2, 0.25) is 0 Å². The fourth-order valence-corrected chi connectivity index (χ4v) is 1.26. The predicted molar refractivity (Wildman–Crippen MR) is 52.3 cm³/mol. The van der Waals surface area contributed by atoms with E-state index in [2.05, 4.69) is 36.0 Å². The van der Waals surface area contributed by atoms with Crippen LogP contribution >= 0.6 is 0 Å². The molecule has 0 unspecified atom stereocenters. The number of hydrogen-bond acceptors (Lipinski definition) is 1. The van der Waals surface area contributed by atoms with Gasteiger partial charge in [0, 0.05) is 25.2 Å². The molecular weight excluding hydrogens is 198 g/mol. The smallest absolute Gasteiger partial charge is 0.169 e. The average molecular weight is 216 g/mol. The van der Waals surface area contributed by atoms with Crippen LogP contribution in [0.5, 0.6) is 0 Å². The standard InChI is InChI=1S/C11H18NO.ClH/c1-11-5-8-12(9-6-11)7-3-2-4-10-13;/h5-6,8-9,13H,2-4,7,10H2,1H3;1H/q+1;/p-1. The molecule has 80 valence electrons. The van der Waals surface area contributed by atoms with E-state index < -0.39 is 0 Å². The van der Waals surface area contributed by atoms with Crippen molar-refractivity contribution in [2.24, 2.45) is 0 Å². The molecule has 0 amide bonds. The van der Waals surface area contributed by atoms with E-state index in [9.17, 15) is 0 Å². The Hall–Kier alpha value is -0.600. The Morgan fingerprint density at radius 2 is 1.79 bits per heavy atom. The highest BCUT2D eigenvalue weighted by Gasteiger charge is 1.97. The van der Waals surface area contributed by atoms with Gasteiger partial charge in [-0.3, -0.25) is 0 Å².